The van der Waals surface area contributed by atoms with Gasteiger partial charge in [0.05, 0.1) is 7.11 Å². The zero-order valence-corrected chi connectivity index (χ0v) is 10.9. The molecule has 0 spiro atoms. The lowest BCUT2D eigenvalue weighted by Gasteiger charge is -2.10. The molecule has 0 aliphatic heterocycles. The highest BCUT2D eigenvalue weighted by Gasteiger charge is 2.14. The minimum atomic E-state index is 0.0782. The van der Waals surface area contributed by atoms with Crippen LogP contribution in [0.2, 0.25) is 0 Å². The Hall–Kier alpha value is -1.61. The first kappa shape index (κ1) is 11.9. The Labute approximate surface area is 105 Å². The third-order valence-corrected chi connectivity index (χ3v) is 3.45. The van der Waals surface area contributed by atoms with E-state index in [9.17, 15) is 4.79 Å². The van der Waals surface area contributed by atoms with Crippen molar-refractivity contribution in [3.8, 4) is 5.75 Å². The SMILES string of the molecule is COc1cc(C)c(C(=O)c2ccsc2)cc1C. The maximum Gasteiger partial charge on any atom is 0.194 e. The smallest absolute Gasteiger partial charge is 0.194 e. The molecule has 3 heteroatoms. The summed E-state index contributed by atoms with van der Waals surface area (Å²) < 4.78 is 5.24. The first-order valence-corrected chi connectivity index (χ1v) is 6.30. The van der Waals surface area contributed by atoms with Crippen LogP contribution in [0.4, 0.5) is 0 Å². The maximum atomic E-state index is 12.2. The third kappa shape index (κ3) is 2.24. The molecule has 0 aliphatic carbocycles. The van der Waals surface area contributed by atoms with E-state index in [0.717, 1.165) is 28.0 Å². The molecule has 2 rings (SSSR count). The monoisotopic (exact) mass is 246 g/mol. The molecule has 0 radical (unpaired) electrons. The Bertz CT molecular complexity index is 542. The van der Waals surface area contributed by atoms with Gasteiger partial charge in [-0.3, -0.25) is 4.79 Å². The van der Waals surface area contributed by atoms with Crippen molar-refractivity contribution in [1.82, 2.24) is 0 Å². The molecule has 0 fully saturated rings. The summed E-state index contributed by atoms with van der Waals surface area (Å²) in [5.74, 6) is 0.902. The van der Waals surface area contributed by atoms with E-state index in [1.807, 2.05) is 42.8 Å². The standard InChI is InChI=1S/C14H14O2S/c1-9-7-13(16-3)10(2)6-12(9)14(15)11-4-5-17-8-11/h4-8H,1-3H3. The van der Waals surface area contributed by atoms with E-state index in [-0.39, 0.29) is 5.78 Å². The topological polar surface area (TPSA) is 26.3 Å². The van der Waals surface area contributed by atoms with Gasteiger partial charge < -0.3 is 4.74 Å². The molecule has 1 aromatic carbocycles. The van der Waals surface area contributed by atoms with Gasteiger partial charge in [0.1, 0.15) is 5.75 Å². The van der Waals surface area contributed by atoms with Gasteiger partial charge in [0.25, 0.3) is 0 Å². The predicted octanol–water partition coefficient (Wildman–Crippen LogP) is 3.60. The van der Waals surface area contributed by atoms with Gasteiger partial charge in [0.15, 0.2) is 5.78 Å². The molecule has 1 heterocycles. The van der Waals surface area contributed by atoms with E-state index in [1.54, 1.807) is 7.11 Å². The molecule has 0 unspecified atom stereocenters. The number of rotatable bonds is 3. The molecule has 0 amide bonds. The van der Waals surface area contributed by atoms with Crippen molar-refractivity contribution in [3.05, 3.63) is 51.2 Å². The summed E-state index contributed by atoms with van der Waals surface area (Å²) in [6, 6.07) is 5.66. The number of methoxy groups -OCH3 is 1. The first-order chi connectivity index (χ1) is 8.13. The number of aryl methyl sites for hydroxylation is 2. The van der Waals surface area contributed by atoms with Crippen molar-refractivity contribution in [1.29, 1.82) is 0 Å². The number of carbonyl (C=O) groups is 1. The summed E-state index contributed by atoms with van der Waals surface area (Å²) >= 11 is 1.53. The summed E-state index contributed by atoms with van der Waals surface area (Å²) in [6.07, 6.45) is 0. The van der Waals surface area contributed by atoms with Gasteiger partial charge in [0.2, 0.25) is 0 Å². The van der Waals surface area contributed by atoms with Gasteiger partial charge in [-0.25, -0.2) is 0 Å². The van der Waals surface area contributed by atoms with Crippen molar-refractivity contribution in [2.75, 3.05) is 7.11 Å². The van der Waals surface area contributed by atoms with E-state index in [4.69, 9.17) is 4.74 Å². The van der Waals surface area contributed by atoms with Crippen LogP contribution in [0.15, 0.2) is 29.0 Å². The fourth-order valence-electron chi connectivity index (χ4n) is 1.80. The van der Waals surface area contributed by atoms with E-state index >= 15 is 0 Å². The van der Waals surface area contributed by atoms with Crippen LogP contribution >= 0.6 is 11.3 Å². The van der Waals surface area contributed by atoms with Crippen LogP contribution in [0.5, 0.6) is 5.75 Å². The Morgan fingerprint density at radius 2 is 2.00 bits per heavy atom. The second-order valence-electron chi connectivity index (χ2n) is 3.98. The Morgan fingerprint density at radius 1 is 1.24 bits per heavy atom. The van der Waals surface area contributed by atoms with Gasteiger partial charge in [-0.1, -0.05) is 0 Å². The second-order valence-corrected chi connectivity index (χ2v) is 4.76. The maximum absolute atomic E-state index is 12.2. The van der Waals surface area contributed by atoms with E-state index in [0.29, 0.717) is 0 Å². The summed E-state index contributed by atoms with van der Waals surface area (Å²) in [7, 11) is 1.64. The summed E-state index contributed by atoms with van der Waals surface area (Å²) in [6.45, 7) is 3.88. The first-order valence-electron chi connectivity index (χ1n) is 5.35. The van der Waals surface area contributed by atoms with Crippen molar-refractivity contribution in [2.24, 2.45) is 0 Å². The highest BCUT2D eigenvalue weighted by Crippen LogP contribution is 2.24. The lowest BCUT2D eigenvalue weighted by atomic mass is 9.98. The molecular weight excluding hydrogens is 232 g/mol. The van der Waals surface area contributed by atoms with Gasteiger partial charge in [-0.2, -0.15) is 11.3 Å². The van der Waals surface area contributed by atoms with Gasteiger partial charge in [-0.05, 0) is 48.6 Å². The lowest BCUT2D eigenvalue weighted by molar-refractivity contribution is 0.103. The molecule has 0 N–H and O–H groups in total. The van der Waals surface area contributed by atoms with Crippen LogP contribution in [-0.2, 0) is 0 Å². The molecule has 2 aromatic rings. The average molecular weight is 246 g/mol. The normalized spacial score (nSPS) is 10.3. The Balaban J connectivity index is 2.46. The lowest BCUT2D eigenvalue weighted by Crippen LogP contribution is -2.03. The van der Waals surface area contributed by atoms with E-state index in [2.05, 4.69) is 0 Å². The number of thiophene rings is 1. The molecule has 0 atom stereocenters. The third-order valence-electron chi connectivity index (χ3n) is 2.77. The highest BCUT2D eigenvalue weighted by molar-refractivity contribution is 7.08. The minimum absolute atomic E-state index is 0.0782. The zero-order valence-electron chi connectivity index (χ0n) is 10.1. The van der Waals surface area contributed by atoms with Crippen LogP contribution in [-0.4, -0.2) is 12.9 Å². The fraction of sp³-hybridized carbons (Fsp3) is 0.214. The molecule has 0 bridgehead atoms. The number of ketones is 1. The molecule has 1 aromatic heterocycles. The zero-order chi connectivity index (χ0) is 12.4. The van der Waals surface area contributed by atoms with Crippen molar-refractivity contribution in [2.45, 2.75) is 13.8 Å². The molecule has 0 saturated heterocycles. The highest BCUT2D eigenvalue weighted by atomic mass is 32.1. The Morgan fingerprint density at radius 3 is 2.59 bits per heavy atom. The van der Waals surface area contributed by atoms with Crippen molar-refractivity contribution >= 4 is 17.1 Å². The number of hydrogen-bond acceptors (Lipinski definition) is 3. The van der Waals surface area contributed by atoms with Gasteiger partial charge in [0, 0.05) is 16.5 Å². The average Bonchev–Trinajstić information content (AvgIpc) is 2.84. The molecule has 17 heavy (non-hydrogen) atoms. The van der Waals surface area contributed by atoms with Crippen LogP contribution in [0, 0.1) is 13.8 Å². The second kappa shape index (κ2) is 4.72. The molecule has 88 valence electrons. The van der Waals surface area contributed by atoms with Gasteiger partial charge in [-0.15, -0.1) is 0 Å². The molecular formula is C14H14O2S. The van der Waals surface area contributed by atoms with E-state index in [1.165, 1.54) is 11.3 Å². The van der Waals surface area contributed by atoms with Crippen molar-refractivity contribution in [3.63, 3.8) is 0 Å². The summed E-state index contributed by atoms with van der Waals surface area (Å²) in [5, 5.41) is 3.79. The molecule has 2 nitrogen and oxygen atoms in total. The predicted molar refractivity (Wildman–Crippen MR) is 70.2 cm³/mol. The van der Waals surface area contributed by atoms with Crippen molar-refractivity contribution < 1.29 is 9.53 Å². The van der Waals surface area contributed by atoms with Crippen LogP contribution < -0.4 is 4.74 Å². The van der Waals surface area contributed by atoms with Crippen LogP contribution in [0.3, 0.4) is 0 Å². The Kier molecular flexibility index (Phi) is 3.29. The van der Waals surface area contributed by atoms with Gasteiger partial charge >= 0.3 is 0 Å². The summed E-state index contributed by atoms with van der Waals surface area (Å²) in [5.41, 5.74) is 3.43. The molecule has 0 saturated carbocycles. The van der Waals surface area contributed by atoms with Crippen LogP contribution in [0.1, 0.15) is 27.0 Å². The quantitative estimate of drug-likeness (QED) is 0.773. The number of benzene rings is 1. The number of ether oxygens (including phenoxy) is 1. The minimum Gasteiger partial charge on any atom is -0.496 e. The van der Waals surface area contributed by atoms with Crippen LogP contribution in [0.25, 0.3) is 0 Å². The molecule has 0 aliphatic rings. The number of carbonyl (C=O) groups excluding carboxylic acids is 1. The fourth-order valence-corrected chi connectivity index (χ4v) is 2.44. The summed E-state index contributed by atoms with van der Waals surface area (Å²) in [4.78, 5) is 12.2. The van der Waals surface area contributed by atoms with E-state index < -0.39 is 0 Å². The largest absolute Gasteiger partial charge is 0.496 e. The number of hydrogen-bond donors (Lipinski definition) is 0.